The van der Waals surface area contributed by atoms with E-state index in [1.807, 2.05) is 18.2 Å². The Hall–Kier alpha value is -1.84. The largest absolute Gasteiger partial charge is 0.493 e. The Morgan fingerprint density at radius 2 is 1.95 bits per heavy atom. The summed E-state index contributed by atoms with van der Waals surface area (Å²) in [4.78, 5) is 0. The maximum Gasteiger partial charge on any atom is 0.122 e. The van der Waals surface area contributed by atoms with E-state index in [0.29, 0.717) is 0 Å². The lowest BCUT2D eigenvalue weighted by Crippen LogP contribution is -2.16. The van der Waals surface area contributed by atoms with E-state index in [1.165, 1.54) is 16.7 Å². The van der Waals surface area contributed by atoms with Crippen molar-refractivity contribution >= 4 is 0 Å². The molecule has 110 valence electrons. The van der Waals surface area contributed by atoms with Crippen LogP contribution in [0.25, 0.3) is 0 Å². The van der Waals surface area contributed by atoms with Crippen LogP contribution in [0.1, 0.15) is 22.3 Å². The maximum atomic E-state index is 9.13. The molecule has 3 rings (SSSR count). The minimum atomic E-state index is 0.102. The van der Waals surface area contributed by atoms with E-state index >= 15 is 0 Å². The molecule has 3 nitrogen and oxygen atoms in total. The quantitative estimate of drug-likeness (QED) is 0.800. The molecule has 0 aliphatic carbocycles. The molecule has 1 aliphatic rings. The molecule has 0 fully saturated rings. The van der Waals surface area contributed by atoms with Gasteiger partial charge in [-0.3, -0.25) is 0 Å². The average molecular weight is 283 g/mol. The number of rotatable bonds is 6. The number of ether oxygens (including phenoxy) is 1. The van der Waals surface area contributed by atoms with E-state index in [9.17, 15) is 0 Å². The van der Waals surface area contributed by atoms with Crippen molar-refractivity contribution in [3.05, 3.63) is 64.7 Å². The molecular formula is C18H21NO2. The molecular weight excluding hydrogens is 262 g/mol. The lowest BCUT2D eigenvalue weighted by atomic mass is 10.1. The van der Waals surface area contributed by atoms with E-state index in [-0.39, 0.29) is 6.61 Å². The highest BCUT2D eigenvalue weighted by atomic mass is 16.5. The highest BCUT2D eigenvalue weighted by molar-refractivity contribution is 5.39. The van der Waals surface area contributed by atoms with Gasteiger partial charge in [0, 0.05) is 13.0 Å². The topological polar surface area (TPSA) is 41.5 Å². The smallest absolute Gasteiger partial charge is 0.122 e. The van der Waals surface area contributed by atoms with Crippen molar-refractivity contribution in [2.45, 2.75) is 26.0 Å². The number of nitrogens with one attached hydrogen (secondary N) is 1. The van der Waals surface area contributed by atoms with Crippen LogP contribution in [0.3, 0.4) is 0 Å². The first-order valence-corrected chi connectivity index (χ1v) is 7.49. The van der Waals surface area contributed by atoms with Gasteiger partial charge in [-0.1, -0.05) is 36.4 Å². The normalized spacial score (nSPS) is 13.0. The van der Waals surface area contributed by atoms with Crippen LogP contribution in [0, 0.1) is 0 Å². The number of benzene rings is 2. The molecule has 0 saturated heterocycles. The van der Waals surface area contributed by atoms with Crippen molar-refractivity contribution in [2.75, 3.05) is 13.2 Å². The first-order valence-electron chi connectivity index (χ1n) is 7.49. The van der Waals surface area contributed by atoms with Gasteiger partial charge in [-0.2, -0.15) is 0 Å². The average Bonchev–Trinajstić information content (AvgIpc) is 2.99. The fraction of sp³-hybridized carbons (Fsp3) is 0.333. The van der Waals surface area contributed by atoms with Gasteiger partial charge in [0.15, 0.2) is 0 Å². The molecule has 21 heavy (non-hydrogen) atoms. The summed E-state index contributed by atoms with van der Waals surface area (Å²) in [7, 11) is 0. The van der Waals surface area contributed by atoms with Crippen LogP contribution in [0.5, 0.6) is 5.75 Å². The van der Waals surface area contributed by atoms with Crippen LogP contribution in [-0.4, -0.2) is 18.3 Å². The Morgan fingerprint density at radius 1 is 1.05 bits per heavy atom. The molecule has 0 atom stereocenters. The van der Waals surface area contributed by atoms with Gasteiger partial charge in [-0.25, -0.2) is 0 Å². The maximum absolute atomic E-state index is 9.13. The second-order valence-electron chi connectivity index (χ2n) is 5.45. The van der Waals surface area contributed by atoms with Crippen LogP contribution >= 0.6 is 0 Å². The Labute approximate surface area is 125 Å². The van der Waals surface area contributed by atoms with Crippen molar-refractivity contribution in [3.63, 3.8) is 0 Å². The third-order valence-electron chi connectivity index (χ3n) is 3.85. The number of hydrogen-bond donors (Lipinski definition) is 2. The molecule has 0 saturated carbocycles. The minimum absolute atomic E-state index is 0.102. The molecule has 0 aromatic heterocycles. The molecule has 3 heteroatoms. The van der Waals surface area contributed by atoms with Crippen LogP contribution in [0.4, 0.5) is 0 Å². The standard InChI is InChI=1S/C18H21NO2/c20-13-16-3-1-2-15(10-16)12-19-8-6-14-4-5-18-17(11-14)7-9-21-18/h1-5,10-11,19-20H,6-9,12-13H2. The summed E-state index contributed by atoms with van der Waals surface area (Å²) in [5.41, 5.74) is 4.87. The SMILES string of the molecule is OCc1cccc(CNCCc2ccc3c(c2)CCO3)c1. The van der Waals surface area contributed by atoms with E-state index in [1.54, 1.807) is 0 Å². The van der Waals surface area contributed by atoms with Crippen molar-refractivity contribution in [1.82, 2.24) is 5.32 Å². The van der Waals surface area contributed by atoms with Gasteiger partial charge in [0.25, 0.3) is 0 Å². The number of fused-ring (bicyclic) bond motifs is 1. The number of hydrogen-bond acceptors (Lipinski definition) is 3. The molecule has 2 N–H and O–H groups in total. The molecule has 1 aliphatic heterocycles. The highest BCUT2D eigenvalue weighted by Crippen LogP contribution is 2.25. The van der Waals surface area contributed by atoms with E-state index < -0.39 is 0 Å². The van der Waals surface area contributed by atoms with E-state index in [2.05, 4.69) is 29.6 Å². The van der Waals surface area contributed by atoms with Crippen molar-refractivity contribution in [1.29, 1.82) is 0 Å². The third-order valence-corrected chi connectivity index (χ3v) is 3.85. The first-order chi connectivity index (χ1) is 10.3. The lowest BCUT2D eigenvalue weighted by molar-refractivity contribution is 0.281. The zero-order valence-electron chi connectivity index (χ0n) is 12.1. The fourth-order valence-corrected chi connectivity index (χ4v) is 2.70. The molecule has 0 amide bonds. The third kappa shape index (κ3) is 3.63. The molecule has 1 heterocycles. The van der Waals surface area contributed by atoms with E-state index in [4.69, 9.17) is 9.84 Å². The summed E-state index contributed by atoms with van der Waals surface area (Å²) in [5.74, 6) is 1.05. The van der Waals surface area contributed by atoms with Crippen LogP contribution in [0.15, 0.2) is 42.5 Å². The number of aliphatic hydroxyl groups excluding tert-OH is 1. The van der Waals surface area contributed by atoms with Gasteiger partial charge in [0.2, 0.25) is 0 Å². The van der Waals surface area contributed by atoms with Crippen molar-refractivity contribution in [3.8, 4) is 5.75 Å². The van der Waals surface area contributed by atoms with Crippen LogP contribution < -0.4 is 10.1 Å². The molecule has 2 aromatic carbocycles. The zero-order valence-corrected chi connectivity index (χ0v) is 12.1. The zero-order chi connectivity index (χ0) is 14.5. The van der Waals surface area contributed by atoms with Gasteiger partial charge < -0.3 is 15.2 Å². The Bertz CT molecular complexity index is 610. The minimum Gasteiger partial charge on any atom is -0.493 e. The molecule has 0 bridgehead atoms. The molecule has 0 radical (unpaired) electrons. The molecule has 2 aromatic rings. The van der Waals surface area contributed by atoms with Gasteiger partial charge >= 0.3 is 0 Å². The van der Waals surface area contributed by atoms with E-state index in [0.717, 1.165) is 43.9 Å². The predicted molar refractivity (Wildman–Crippen MR) is 83.4 cm³/mol. The Morgan fingerprint density at radius 3 is 2.86 bits per heavy atom. The number of aliphatic hydroxyl groups is 1. The summed E-state index contributed by atoms with van der Waals surface area (Å²) in [6.07, 6.45) is 2.05. The van der Waals surface area contributed by atoms with Gasteiger partial charge in [0.05, 0.1) is 13.2 Å². The first kappa shape index (κ1) is 14.1. The van der Waals surface area contributed by atoms with Gasteiger partial charge in [-0.15, -0.1) is 0 Å². The summed E-state index contributed by atoms with van der Waals surface area (Å²) in [6.45, 7) is 2.70. The summed E-state index contributed by atoms with van der Waals surface area (Å²) < 4.78 is 5.52. The van der Waals surface area contributed by atoms with Crippen LogP contribution in [0.2, 0.25) is 0 Å². The molecule has 0 unspecified atom stereocenters. The van der Waals surface area contributed by atoms with Crippen molar-refractivity contribution in [2.24, 2.45) is 0 Å². The summed E-state index contributed by atoms with van der Waals surface area (Å²) in [6, 6.07) is 14.6. The Kier molecular flexibility index (Phi) is 4.53. The molecule has 0 spiro atoms. The van der Waals surface area contributed by atoms with Crippen molar-refractivity contribution < 1.29 is 9.84 Å². The summed E-state index contributed by atoms with van der Waals surface area (Å²) in [5, 5.41) is 12.6. The van der Waals surface area contributed by atoms with Gasteiger partial charge in [-0.05, 0) is 41.3 Å². The fourth-order valence-electron chi connectivity index (χ4n) is 2.70. The second-order valence-corrected chi connectivity index (χ2v) is 5.45. The van der Waals surface area contributed by atoms with Gasteiger partial charge in [0.1, 0.15) is 5.75 Å². The monoisotopic (exact) mass is 283 g/mol. The Balaban J connectivity index is 1.47. The predicted octanol–water partition coefficient (Wildman–Crippen LogP) is 2.45. The summed E-state index contributed by atoms with van der Waals surface area (Å²) >= 11 is 0. The van der Waals surface area contributed by atoms with Crippen LogP contribution in [-0.2, 0) is 26.0 Å². The highest BCUT2D eigenvalue weighted by Gasteiger charge is 2.11. The second kappa shape index (κ2) is 6.74. The lowest BCUT2D eigenvalue weighted by Gasteiger charge is -2.07.